The average Bonchev–Trinajstić information content (AvgIpc) is 3.46. The number of nitrogens with zero attached hydrogens (tertiary/aromatic N) is 3. The topological polar surface area (TPSA) is 81.4 Å². The first-order valence-electron chi connectivity index (χ1n) is 10.1. The highest BCUT2D eigenvalue weighted by Gasteiger charge is 2.25. The van der Waals surface area contributed by atoms with Crippen LogP contribution in [-0.2, 0) is 6.54 Å². The number of ether oxygens (including phenoxy) is 2. The lowest BCUT2D eigenvalue weighted by Crippen LogP contribution is -2.27. The zero-order valence-electron chi connectivity index (χ0n) is 17.0. The minimum atomic E-state index is -0.280. The third-order valence-electron chi connectivity index (χ3n) is 5.72. The molecule has 2 aromatic heterocycles. The maximum atomic E-state index is 10.1. The number of aliphatic hydroxyl groups excluding tert-OH is 1. The van der Waals surface area contributed by atoms with E-state index in [9.17, 15) is 5.11 Å². The molecule has 2 unspecified atom stereocenters. The minimum Gasteiger partial charge on any atom is -0.493 e. The van der Waals surface area contributed by atoms with Crippen molar-refractivity contribution in [2.24, 2.45) is 0 Å². The summed E-state index contributed by atoms with van der Waals surface area (Å²) >= 11 is 1.63. The lowest BCUT2D eigenvalue weighted by Gasteiger charge is -2.14. The van der Waals surface area contributed by atoms with Gasteiger partial charge in [-0.2, -0.15) is 0 Å². The first-order valence-corrected chi connectivity index (χ1v) is 10.9. The number of benzene rings is 2. The molecule has 7 nitrogen and oxygen atoms in total. The number of imidazole rings is 1. The molecule has 8 heteroatoms. The van der Waals surface area contributed by atoms with E-state index in [4.69, 9.17) is 9.47 Å². The van der Waals surface area contributed by atoms with E-state index in [0.717, 1.165) is 45.6 Å². The van der Waals surface area contributed by atoms with E-state index < -0.39 is 0 Å². The van der Waals surface area contributed by atoms with E-state index in [2.05, 4.69) is 38.1 Å². The molecule has 0 amide bonds. The number of anilines is 1. The van der Waals surface area contributed by atoms with Gasteiger partial charge in [0.05, 0.1) is 53.9 Å². The largest absolute Gasteiger partial charge is 0.493 e. The van der Waals surface area contributed by atoms with Gasteiger partial charge in [0, 0.05) is 18.7 Å². The van der Waals surface area contributed by atoms with E-state index >= 15 is 0 Å². The Morgan fingerprint density at radius 2 is 1.97 bits per heavy atom. The van der Waals surface area contributed by atoms with Gasteiger partial charge < -0.3 is 24.5 Å². The number of aliphatic hydroxyl groups is 1. The minimum absolute atomic E-state index is 0.106. The normalized spacial score (nSPS) is 18.9. The summed E-state index contributed by atoms with van der Waals surface area (Å²) in [5, 5.41) is 14.3. The van der Waals surface area contributed by atoms with Crippen LogP contribution in [0, 0.1) is 0 Å². The van der Waals surface area contributed by atoms with Crippen molar-refractivity contribution >= 4 is 37.7 Å². The molecule has 4 aromatic rings. The summed E-state index contributed by atoms with van der Waals surface area (Å²) < 4.78 is 14.1. The molecule has 1 fully saturated rings. The van der Waals surface area contributed by atoms with Gasteiger partial charge in [0.1, 0.15) is 0 Å². The molecule has 0 saturated heterocycles. The standard InChI is InChI=1S/C22H24N4O3S/c1-28-19-9-16-17(10-20(19)29-2)26(12-23-16)11-13-6-7-15-21(8-13)30-22(25-15)24-14-4-3-5-18(14)27/h6-10,12,14,18,27H,3-5,11H2,1-2H3,(H,24,25). The summed E-state index contributed by atoms with van der Waals surface area (Å²) in [7, 11) is 3.26. The van der Waals surface area contributed by atoms with Crippen LogP contribution in [0.1, 0.15) is 24.8 Å². The van der Waals surface area contributed by atoms with Crippen molar-refractivity contribution in [2.45, 2.75) is 38.0 Å². The Morgan fingerprint density at radius 1 is 1.13 bits per heavy atom. The van der Waals surface area contributed by atoms with Crippen molar-refractivity contribution in [3.8, 4) is 11.5 Å². The lowest BCUT2D eigenvalue weighted by atomic mass is 10.2. The van der Waals surface area contributed by atoms with Gasteiger partial charge in [-0.25, -0.2) is 9.97 Å². The fourth-order valence-electron chi connectivity index (χ4n) is 4.10. The predicted octanol–water partition coefficient (Wildman–Crippen LogP) is 4.04. The first-order chi connectivity index (χ1) is 14.6. The van der Waals surface area contributed by atoms with Gasteiger partial charge in [-0.05, 0) is 37.0 Å². The van der Waals surface area contributed by atoms with Crippen LogP contribution in [0.2, 0.25) is 0 Å². The second kappa shape index (κ2) is 7.77. The Balaban J connectivity index is 1.41. The summed E-state index contributed by atoms with van der Waals surface area (Å²) in [6.45, 7) is 0.698. The zero-order valence-corrected chi connectivity index (χ0v) is 17.8. The fourth-order valence-corrected chi connectivity index (χ4v) is 5.10. The van der Waals surface area contributed by atoms with Crippen LogP contribution in [0.4, 0.5) is 5.13 Å². The molecule has 0 spiro atoms. The molecule has 156 valence electrons. The molecular weight excluding hydrogens is 400 g/mol. The molecule has 1 aliphatic carbocycles. The Kier molecular flexibility index (Phi) is 4.96. The van der Waals surface area contributed by atoms with Crippen LogP contribution in [0.3, 0.4) is 0 Å². The predicted molar refractivity (Wildman–Crippen MR) is 119 cm³/mol. The van der Waals surface area contributed by atoms with Crippen LogP contribution in [0.5, 0.6) is 11.5 Å². The molecule has 5 rings (SSSR count). The van der Waals surface area contributed by atoms with Gasteiger partial charge in [0.25, 0.3) is 0 Å². The smallest absolute Gasteiger partial charge is 0.184 e. The number of methoxy groups -OCH3 is 2. The monoisotopic (exact) mass is 424 g/mol. The van der Waals surface area contributed by atoms with E-state index in [1.54, 1.807) is 25.6 Å². The number of rotatable bonds is 6. The molecule has 2 aromatic carbocycles. The summed E-state index contributed by atoms with van der Waals surface area (Å²) in [5.74, 6) is 1.36. The zero-order chi connectivity index (χ0) is 20.7. The van der Waals surface area contributed by atoms with E-state index in [1.165, 1.54) is 5.56 Å². The second-order valence-corrected chi connectivity index (χ2v) is 8.67. The van der Waals surface area contributed by atoms with Crippen LogP contribution in [-0.4, -0.2) is 46.0 Å². The van der Waals surface area contributed by atoms with Crippen molar-refractivity contribution in [1.82, 2.24) is 14.5 Å². The van der Waals surface area contributed by atoms with Crippen molar-refractivity contribution in [1.29, 1.82) is 0 Å². The molecule has 2 heterocycles. The summed E-state index contributed by atoms with van der Waals surface area (Å²) in [5.41, 5.74) is 4.01. The van der Waals surface area contributed by atoms with Crippen molar-refractivity contribution < 1.29 is 14.6 Å². The Hall–Kier alpha value is -2.84. The van der Waals surface area contributed by atoms with E-state index in [0.29, 0.717) is 18.0 Å². The first kappa shape index (κ1) is 19.1. The lowest BCUT2D eigenvalue weighted by molar-refractivity contribution is 0.172. The molecule has 0 radical (unpaired) electrons. The Morgan fingerprint density at radius 3 is 2.73 bits per heavy atom. The number of thiazole rings is 1. The highest BCUT2D eigenvalue weighted by molar-refractivity contribution is 7.22. The van der Waals surface area contributed by atoms with Crippen LogP contribution in [0.25, 0.3) is 21.3 Å². The number of aromatic nitrogens is 3. The highest BCUT2D eigenvalue weighted by Crippen LogP contribution is 2.33. The van der Waals surface area contributed by atoms with Crippen molar-refractivity contribution in [3.63, 3.8) is 0 Å². The summed E-state index contributed by atoms with van der Waals surface area (Å²) in [6, 6.07) is 10.3. The number of hydrogen-bond acceptors (Lipinski definition) is 7. The number of hydrogen-bond donors (Lipinski definition) is 2. The maximum absolute atomic E-state index is 10.1. The summed E-state index contributed by atoms with van der Waals surface area (Å²) in [6.07, 6.45) is 4.47. The molecule has 2 atom stereocenters. The van der Waals surface area contributed by atoms with Crippen molar-refractivity contribution in [3.05, 3.63) is 42.2 Å². The third-order valence-corrected chi connectivity index (χ3v) is 6.67. The molecule has 2 N–H and O–H groups in total. The second-order valence-electron chi connectivity index (χ2n) is 7.64. The Labute approximate surface area is 178 Å². The SMILES string of the molecule is COc1cc2ncn(Cc3ccc4nc(NC5CCCC5O)sc4c3)c2cc1OC. The quantitative estimate of drug-likeness (QED) is 0.486. The molecule has 1 aliphatic rings. The number of fused-ring (bicyclic) bond motifs is 2. The van der Waals surface area contributed by atoms with Gasteiger partial charge in [-0.1, -0.05) is 17.4 Å². The molecule has 0 bridgehead atoms. The van der Waals surface area contributed by atoms with Crippen LogP contribution in [0.15, 0.2) is 36.7 Å². The average molecular weight is 425 g/mol. The van der Waals surface area contributed by atoms with Crippen molar-refractivity contribution in [2.75, 3.05) is 19.5 Å². The third kappa shape index (κ3) is 3.46. The highest BCUT2D eigenvalue weighted by atomic mass is 32.1. The van der Waals surface area contributed by atoms with Crippen LogP contribution >= 0.6 is 11.3 Å². The molecule has 0 aliphatic heterocycles. The molecule has 30 heavy (non-hydrogen) atoms. The van der Waals surface area contributed by atoms with Gasteiger partial charge in [-0.15, -0.1) is 0 Å². The van der Waals surface area contributed by atoms with E-state index in [-0.39, 0.29) is 12.1 Å². The number of nitrogens with one attached hydrogen (secondary N) is 1. The summed E-state index contributed by atoms with van der Waals surface area (Å²) in [4.78, 5) is 9.20. The van der Waals surface area contributed by atoms with Gasteiger partial charge in [0.2, 0.25) is 0 Å². The molecular formula is C22H24N4O3S. The van der Waals surface area contributed by atoms with Crippen LogP contribution < -0.4 is 14.8 Å². The maximum Gasteiger partial charge on any atom is 0.184 e. The van der Waals surface area contributed by atoms with Gasteiger partial charge in [0.15, 0.2) is 16.6 Å². The fraction of sp³-hybridized carbons (Fsp3) is 0.364. The van der Waals surface area contributed by atoms with Gasteiger partial charge >= 0.3 is 0 Å². The van der Waals surface area contributed by atoms with Gasteiger partial charge in [-0.3, -0.25) is 0 Å². The Bertz CT molecular complexity index is 1200. The molecule has 1 saturated carbocycles. The van der Waals surface area contributed by atoms with E-state index in [1.807, 2.05) is 18.5 Å².